The van der Waals surface area contributed by atoms with Crippen molar-refractivity contribution in [1.82, 2.24) is 10.6 Å². The van der Waals surface area contributed by atoms with Gasteiger partial charge >= 0.3 is 0 Å². The van der Waals surface area contributed by atoms with Crippen molar-refractivity contribution < 1.29 is 9.53 Å². The summed E-state index contributed by atoms with van der Waals surface area (Å²) in [7, 11) is 1.72. The van der Waals surface area contributed by atoms with Gasteiger partial charge in [-0.3, -0.25) is 4.79 Å². The third-order valence-electron chi connectivity index (χ3n) is 4.22. The summed E-state index contributed by atoms with van der Waals surface area (Å²) in [5, 5.41) is 7.05. The second-order valence-corrected chi connectivity index (χ2v) is 7.68. The molecule has 1 aromatic carbocycles. The molecule has 0 saturated carbocycles. The molecule has 136 valence electrons. The molecule has 0 aromatic heterocycles. The highest BCUT2D eigenvalue weighted by Gasteiger charge is 2.32. The number of methoxy groups -OCH3 is 1. The van der Waals surface area contributed by atoms with Crippen LogP contribution in [0.5, 0.6) is 0 Å². The van der Waals surface area contributed by atoms with Crippen LogP contribution in [0.1, 0.15) is 30.1 Å². The number of benzene rings is 1. The fourth-order valence-corrected chi connectivity index (χ4v) is 3.91. The molecule has 7 heteroatoms. The number of ether oxygens (including phenoxy) is 1. The summed E-state index contributed by atoms with van der Waals surface area (Å²) in [6.07, 6.45) is 2.01. The van der Waals surface area contributed by atoms with E-state index in [0.29, 0.717) is 23.7 Å². The number of piperidine rings is 1. The van der Waals surface area contributed by atoms with Crippen LogP contribution in [0.25, 0.3) is 0 Å². The third-order valence-corrected chi connectivity index (χ3v) is 5.42. The quantitative estimate of drug-likeness (QED) is 0.695. The third kappa shape index (κ3) is 5.81. The van der Waals surface area contributed by atoms with Gasteiger partial charge in [-0.15, -0.1) is 24.2 Å². The number of hydrogen-bond acceptors (Lipinski definition) is 4. The molecule has 0 bridgehead atoms. The van der Waals surface area contributed by atoms with Crippen molar-refractivity contribution in [2.75, 3.05) is 39.1 Å². The van der Waals surface area contributed by atoms with Crippen LogP contribution in [-0.2, 0) is 4.74 Å². The van der Waals surface area contributed by atoms with Crippen LogP contribution in [0.3, 0.4) is 0 Å². The average molecular weight is 393 g/mol. The molecule has 0 atom stereocenters. The summed E-state index contributed by atoms with van der Waals surface area (Å²) in [6.45, 7) is 5.30. The molecule has 2 rings (SSSR count). The normalized spacial score (nSPS) is 16.3. The maximum atomic E-state index is 12.6. The zero-order valence-corrected chi connectivity index (χ0v) is 16.6. The topological polar surface area (TPSA) is 50.4 Å². The summed E-state index contributed by atoms with van der Waals surface area (Å²) in [6, 6.07) is 5.50. The highest BCUT2D eigenvalue weighted by molar-refractivity contribution is 7.99. The minimum Gasteiger partial charge on any atom is -0.384 e. The smallest absolute Gasteiger partial charge is 0.252 e. The van der Waals surface area contributed by atoms with Gasteiger partial charge in [0.25, 0.3) is 5.91 Å². The molecular formula is C17H26Cl2N2O2S. The van der Waals surface area contributed by atoms with Gasteiger partial charge in [0.1, 0.15) is 0 Å². The lowest BCUT2D eigenvalue weighted by atomic mass is 9.79. The number of rotatable bonds is 7. The number of amides is 1. The predicted octanol–water partition coefficient (Wildman–Crippen LogP) is 3.62. The van der Waals surface area contributed by atoms with Gasteiger partial charge in [-0.25, -0.2) is 0 Å². The van der Waals surface area contributed by atoms with E-state index in [1.54, 1.807) is 24.9 Å². The molecule has 1 fully saturated rings. The summed E-state index contributed by atoms with van der Waals surface area (Å²) in [5.74, 6) is 0.860. The monoisotopic (exact) mass is 392 g/mol. The maximum absolute atomic E-state index is 12.6. The first-order chi connectivity index (χ1) is 11.1. The van der Waals surface area contributed by atoms with Crippen molar-refractivity contribution in [3.63, 3.8) is 0 Å². The van der Waals surface area contributed by atoms with Gasteiger partial charge in [-0.1, -0.05) is 18.5 Å². The average Bonchev–Trinajstić information content (AvgIpc) is 2.56. The minimum atomic E-state index is -0.0579. The van der Waals surface area contributed by atoms with Crippen molar-refractivity contribution >= 4 is 41.7 Å². The van der Waals surface area contributed by atoms with Crippen LogP contribution < -0.4 is 10.6 Å². The Kier molecular flexibility index (Phi) is 9.45. The standard InChI is InChI=1S/C17H25ClN2O2S.ClH/c1-3-23-15-5-4-13(18)10-14(15)16(21)20-11-17(12-22-2)6-8-19-9-7-17;/h4-5,10,19H,3,6-9,11-12H2,1-2H3,(H,20,21);1H. The van der Waals surface area contributed by atoms with Crippen LogP contribution in [0.15, 0.2) is 23.1 Å². The summed E-state index contributed by atoms with van der Waals surface area (Å²) in [4.78, 5) is 13.6. The van der Waals surface area contributed by atoms with Gasteiger partial charge in [0.2, 0.25) is 0 Å². The number of nitrogens with one attached hydrogen (secondary N) is 2. The summed E-state index contributed by atoms with van der Waals surface area (Å²) in [5.41, 5.74) is 0.678. The molecule has 0 radical (unpaired) electrons. The van der Waals surface area contributed by atoms with Crippen molar-refractivity contribution in [2.24, 2.45) is 5.41 Å². The van der Waals surface area contributed by atoms with E-state index in [9.17, 15) is 4.79 Å². The highest BCUT2D eigenvalue weighted by atomic mass is 35.5. The second-order valence-electron chi connectivity index (χ2n) is 5.94. The Labute approximate surface area is 159 Å². The number of carbonyl (C=O) groups excluding carboxylic acids is 1. The van der Waals surface area contributed by atoms with Crippen molar-refractivity contribution in [1.29, 1.82) is 0 Å². The fraction of sp³-hybridized carbons (Fsp3) is 0.588. The van der Waals surface area contributed by atoms with Gasteiger partial charge in [0, 0.05) is 29.0 Å². The number of hydrogen-bond donors (Lipinski definition) is 2. The Bertz CT molecular complexity index is 532. The number of halogens is 2. The van der Waals surface area contributed by atoms with E-state index in [0.717, 1.165) is 36.6 Å². The SMILES string of the molecule is CCSc1ccc(Cl)cc1C(=O)NCC1(COC)CCNCC1.Cl. The van der Waals surface area contributed by atoms with Gasteiger partial charge < -0.3 is 15.4 Å². The predicted molar refractivity (Wildman–Crippen MR) is 104 cm³/mol. The first-order valence-corrected chi connectivity index (χ1v) is 9.37. The van der Waals surface area contributed by atoms with Crippen LogP contribution in [0.4, 0.5) is 0 Å². The van der Waals surface area contributed by atoms with E-state index in [1.165, 1.54) is 0 Å². The van der Waals surface area contributed by atoms with Gasteiger partial charge in [0.15, 0.2) is 0 Å². The van der Waals surface area contributed by atoms with Gasteiger partial charge in [-0.05, 0) is 49.9 Å². The lowest BCUT2D eigenvalue weighted by Gasteiger charge is -2.37. The molecule has 0 aliphatic carbocycles. The molecule has 24 heavy (non-hydrogen) atoms. The zero-order valence-electron chi connectivity index (χ0n) is 14.2. The fourth-order valence-electron chi connectivity index (χ4n) is 2.96. The first-order valence-electron chi connectivity index (χ1n) is 8.00. The second kappa shape index (κ2) is 10.5. The van der Waals surface area contributed by atoms with E-state index in [1.807, 2.05) is 12.1 Å². The molecular weight excluding hydrogens is 367 g/mol. The zero-order chi connectivity index (χ0) is 16.7. The molecule has 2 N–H and O–H groups in total. The molecule has 1 aliphatic heterocycles. The Morgan fingerprint density at radius 1 is 1.42 bits per heavy atom. The lowest BCUT2D eigenvalue weighted by molar-refractivity contribution is 0.0511. The number of thioether (sulfide) groups is 1. The van der Waals surface area contributed by atoms with Crippen LogP contribution in [0, 0.1) is 5.41 Å². The summed E-state index contributed by atoms with van der Waals surface area (Å²) >= 11 is 7.73. The molecule has 0 spiro atoms. The molecule has 4 nitrogen and oxygen atoms in total. The van der Waals surface area contributed by atoms with E-state index in [-0.39, 0.29) is 23.7 Å². The van der Waals surface area contributed by atoms with E-state index in [2.05, 4.69) is 17.6 Å². The van der Waals surface area contributed by atoms with E-state index in [4.69, 9.17) is 16.3 Å². The van der Waals surface area contributed by atoms with E-state index >= 15 is 0 Å². The van der Waals surface area contributed by atoms with Crippen molar-refractivity contribution in [3.8, 4) is 0 Å². The molecule has 1 aliphatic rings. The van der Waals surface area contributed by atoms with Crippen LogP contribution in [-0.4, -0.2) is 45.0 Å². The maximum Gasteiger partial charge on any atom is 0.252 e. The lowest BCUT2D eigenvalue weighted by Crippen LogP contribution is -2.47. The Morgan fingerprint density at radius 3 is 2.75 bits per heavy atom. The Hall–Kier alpha value is -0.460. The first kappa shape index (κ1) is 21.6. The largest absolute Gasteiger partial charge is 0.384 e. The number of carbonyl (C=O) groups is 1. The van der Waals surface area contributed by atoms with Gasteiger partial charge in [-0.2, -0.15) is 0 Å². The molecule has 1 saturated heterocycles. The van der Waals surface area contributed by atoms with Crippen LogP contribution >= 0.6 is 35.8 Å². The summed E-state index contributed by atoms with van der Waals surface area (Å²) < 4.78 is 5.40. The van der Waals surface area contributed by atoms with Crippen LogP contribution in [0.2, 0.25) is 5.02 Å². The molecule has 0 unspecified atom stereocenters. The molecule has 1 heterocycles. The minimum absolute atomic E-state index is 0. The van der Waals surface area contributed by atoms with Gasteiger partial charge in [0.05, 0.1) is 12.2 Å². The Morgan fingerprint density at radius 2 is 2.12 bits per heavy atom. The van der Waals surface area contributed by atoms with Crippen molar-refractivity contribution in [3.05, 3.63) is 28.8 Å². The molecule has 1 amide bonds. The highest BCUT2D eigenvalue weighted by Crippen LogP contribution is 2.29. The van der Waals surface area contributed by atoms with E-state index < -0.39 is 0 Å². The van der Waals surface area contributed by atoms with Crippen molar-refractivity contribution in [2.45, 2.75) is 24.7 Å². The molecule has 1 aromatic rings. The Balaban J connectivity index is 0.00000288.